The quantitative estimate of drug-likeness (QED) is 0.0787. The Morgan fingerprint density at radius 3 is 2.66 bits per heavy atom. The summed E-state index contributed by atoms with van der Waals surface area (Å²) in [6, 6.07) is 25.3. The summed E-state index contributed by atoms with van der Waals surface area (Å²) >= 11 is 1.31. The predicted molar refractivity (Wildman–Crippen MR) is 160 cm³/mol. The first-order valence-corrected chi connectivity index (χ1v) is 13.4. The molecule has 0 aliphatic heterocycles. The molecule has 41 heavy (non-hydrogen) atoms. The van der Waals surface area contributed by atoms with E-state index in [9.17, 15) is 14.9 Å². The van der Waals surface area contributed by atoms with Crippen molar-refractivity contribution in [3.05, 3.63) is 123 Å². The molecule has 11 heteroatoms. The summed E-state index contributed by atoms with van der Waals surface area (Å²) in [6.45, 7) is 0. The highest BCUT2D eigenvalue weighted by Crippen LogP contribution is 2.30. The lowest BCUT2D eigenvalue weighted by molar-refractivity contribution is -0.384. The Kier molecular flexibility index (Phi) is 5.83. The second-order valence-corrected chi connectivity index (χ2v) is 9.99. The molecular weight excluding hydrogens is 540 g/mol. The molecule has 0 spiro atoms. The van der Waals surface area contributed by atoms with Crippen molar-refractivity contribution in [3.63, 3.8) is 0 Å². The largest absolute Gasteiger partial charge is 0.422 e. The number of nitrogens with zero attached hydrogens (tertiary/aromatic N) is 5. The van der Waals surface area contributed by atoms with E-state index in [1.165, 1.54) is 23.5 Å². The third-order valence-electron chi connectivity index (χ3n) is 6.69. The molecule has 0 amide bonds. The molecule has 0 saturated carbocycles. The Hall–Kier alpha value is -5.68. The number of benzene rings is 3. The lowest BCUT2D eigenvalue weighted by atomic mass is 10.0. The van der Waals surface area contributed by atoms with Gasteiger partial charge >= 0.3 is 5.63 Å². The topological polar surface area (TPSA) is 128 Å². The number of pyridine rings is 1. The van der Waals surface area contributed by atoms with E-state index in [-0.39, 0.29) is 5.69 Å². The molecule has 0 aliphatic carbocycles. The number of anilines is 1. The number of fused-ring (bicyclic) bond motifs is 4. The van der Waals surface area contributed by atoms with Crippen LogP contribution in [0, 0.1) is 10.1 Å². The molecule has 10 nitrogen and oxygen atoms in total. The summed E-state index contributed by atoms with van der Waals surface area (Å²) in [6.07, 6.45) is 3.48. The van der Waals surface area contributed by atoms with Crippen LogP contribution in [0.5, 0.6) is 0 Å². The van der Waals surface area contributed by atoms with Crippen molar-refractivity contribution in [3.8, 4) is 22.5 Å². The van der Waals surface area contributed by atoms with Crippen LogP contribution in [0.15, 0.2) is 111 Å². The number of nitro groups is 1. The first-order chi connectivity index (χ1) is 20.0. The molecule has 0 fully saturated rings. The van der Waals surface area contributed by atoms with Crippen LogP contribution in [-0.4, -0.2) is 25.5 Å². The molecule has 198 valence electrons. The second-order valence-electron chi connectivity index (χ2n) is 9.13. The van der Waals surface area contributed by atoms with E-state index in [1.807, 2.05) is 65.2 Å². The van der Waals surface area contributed by atoms with Crippen LogP contribution in [0.2, 0.25) is 0 Å². The van der Waals surface area contributed by atoms with Crippen molar-refractivity contribution in [2.24, 2.45) is 5.10 Å². The van der Waals surface area contributed by atoms with Gasteiger partial charge in [-0.15, -0.1) is 11.3 Å². The summed E-state index contributed by atoms with van der Waals surface area (Å²) in [5, 5.41) is 20.6. The molecule has 1 N–H and O–H groups in total. The molecular formula is C30H18N6O4S. The van der Waals surface area contributed by atoms with E-state index in [2.05, 4.69) is 15.5 Å². The van der Waals surface area contributed by atoms with Crippen molar-refractivity contribution < 1.29 is 9.34 Å². The molecule has 4 heterocycles. The zero-order valence-corrected chi connectivity index (χ0v) is 21.9. The van der Waals surface area contributed by atoms with Crippen LogP contribution >= 0.6 is 11.3 Å². The van der Waals surface area contributed by atoms with Crippen LogP contribution in [0.1, 0.15) is 5.69 Å². The highest BCUT2D eigenvalue weighted by Gasteiger charge is 2.15. The maximum atomic E-state index is 12.8. The van der Waals surface area contributed by atoms with E-state index < -0.39 is 10.5 Å². The van der Waals surface area contributed by atoms with Crippen LogP contribution in [-0.2, 0) is 0 Å². The molecule has 0 radical (unpaired) electrons. The zero-order valence-electron chi connectivity index (χ0n) is 21.1. The van der Waals surface area contributed by atoms with Gasteiger partial charge in [-0.25, -0.2) is 14.8 Å². The lowest BCUT2D eigenvalue weighted by Gasteiger charge is -2.04. The van der Waals surface area contributed by atoms with Crippen molar-refractivity contribution >= 4 is 55.8 Å². The third-order valence-corrected chi connectivity index (χ3v) is 7.43. The van der Waals surface area contributed by atoms with Gasteiger partial charge in [0, 0.05) is 34.7 Å². The molecule has 0 aliphatic rings. The Morgan fingerprint density at radius 2 is 1.80 bits per heavy atom. The average Bonchev–Trinajstić information content (AvgIpc) is 3.62. The number of hydrogen-bond donors (Lipinski definition) is 1. The molecule has 0 bridgehead atoms. The van der Waals surface area contributed by atoms with E-state index in [4.69, 9.17) is 9.40 Å². The van der Waals surface area contributed by atoms with E-state index in [0.29, 0.717) is 44.6 Å². The molecule has 7 aromatic rings. The molecule has 0 saturated heterocycles. The highest BCUT2D eigenvalue weighted by molar-refractivity contribution is 7.14. The Balaban J connectivity index is 1.20. The molecule has 0 atom stereocenters. The van der Waals surface area contributed by atoms with Crippen LogP contribution < -0.4 is 11.1 Å². The smallest absolute Gasteiger partial charge is 0.345 e. The van der Waals surface area contributed by atoms with Crippen molar-refractivity contribution in [1.29, 1.82) is 0 Å². The number of rotatable bonds is 6. The summed E-state index contributed by atoms with van der Waals surface area (Å²) in [7, 11) is 0. The van der Waals surface area contributed by atoms with Gasteiger partial charge < -0.3 is 4.42 Å². The maximum Gasteiger partial charge on any atom is 0.345 e. The Bertz CT molecular complexity index is 2200. The van der Waals surface area contributed by atoms with Crippen molar-refractivity contribution in [1.82, 2.24) is 14.4 Å². The van der Waals surface area contributed by atoms with Gasteiger partial charge in [-0.05, 0) is 47.2 Å². The molecule has 7 rings (SSSR count). The van der Waals surface area contributed by atoms with E-state index in [1.54, 1.807) is 29.8 Å². The Morgan fingerprint density at radius 1 is 0.976 bits per heavy atom. The minimum atomic E-state index is -0.466. The highest BCUT2D eigenvalue weighted by atomic mass is 32.1. The van der Waals surface area contributed by atoms with Crippen LogP contribution in [0.3, 0.4) is 0 Å². The zero-order chi connectivity index (χ0) is 27.9. The number of hydrogen-bond acceptors (Lipinski definition) is 9. The summed E-state index contributed by atoms with van der Waals surface area (Å²) in [5.74, 6) is 0. The summed E-state index contributed by atoms with van der Waals surface area (Å²) in [4.78, 5) is 32.7. The minimum Gasteiger partial charge on any atom is -0.422 e. The van der Waals surface area contributed by atoms with Gasteiger partial charge in [-0.3, -0.25) is 19.9 Å². The number of aromatic nitrogens is 3. The van der Waals surface area contributed by atoms with Gasteiger partial charge in [-0.2, -0.15) is 5.10 Å². The number of non-ortho nitro benzene ring substituents is 1. The standard InChI is InChI=1S/C30H18N6O4S/c37-29-23(15-22-21-6-2-1-5-18(21)10-13-26(22)40-29)24-17-41-30(32-24)34-31-16-25-28(33-27-7-3-4-14-35(25)27)19-8-11-20(12-9-19)36(38)39/h1-17H,(H,32,34)/b31-16+. The van der Waals surface area contributed by atoms with Gasteiger partial charge in [0.05, 0.1) is 33.8 Å². The van der Waals surface area contributed by atoms with Gasteiger partial charge in [-0.1, -0.05) is 36.4 Å². The van der Waals surface area contributed by atoms with Gasteiger partial charge in [0.15, 0.2) is 0 Å². The van der Waals surface area contributed by atoms with E-state index in [0.717, 1.165) is 16.2 Å². The summed E-state index contributed by atoms with van der Waals surface area (Å²) < 4.78 is 7.50. The van der Waals surface area contributed by atoms with Crippen molar-refractivity contribution in [2.45, 2.75) is 0 Å². The molecule has 3 aromatic carbocycles. The fourth-order valence-electron chi connectivity index (χ4n) is 4.74. The van der Waals surface area contributed by atoms with E-state index >= 15 is 0 Å². The molecule has 0 unspecified atom stereocenters. The van der Waals surface area contributed by atoms with Gasteiger partial charge in [0.25, 0.3) is 5.69 Å². The Labute approximate surface area is 235 Å². The second kappa shape index (κ2) is 9.81. The van der Waals surface area contributed by atoms with Crippen molar-refractivity contribution in [2.75, 3.05) is 5.43 Å². The SMILES string of the molecule is O=c1oc2ccc3ccccc3c2cc1-c1csc(N/N=C/c2c(-c3ccc([N+](=O)[O-])cc3)nc3ccccn23)n1. The first-order valence-electron chi connectivity index (χ1n) is 12.5. The number of imidazole rings is 1. The normalized spacial score (nSPS) is 11.6. The number of thiazole rings is 1. The fraction of sp³-hybridized carbons (Fsp3) is 0. The fourth-order valence-corrected chi connectivity index (χ4v) is 5.40. The monoisotopic (exact) mass is 558 g/mol. The minimum absolute atomic E-state index is 0.00242. The lowest BCUT2D eigenvalue weighted by Crippen LogP contribution is -2.03. The predicted octanol–water partition coefficient (Wildman–Crippen LogP) is 6.74. The van der Waals surface area contributed by atoms with Gasteiger partial charge in [0.1, 0.15) is 11.2 Å². The van der Waals surface area contributed by atoms with Crippen LogP contribution in [0.25, 0.3) is 49.9 Å². The first kappa shape index (κ1) is 24.4. The number of nitro benzene ring substituents is 1. The number of nitrogens with one attached hydrogen (secondary N) is 1. The number of hydrazone groups is 1. The summed E-state index contributed by atoms with van der Waals surface area (Å²) in [5.41, 5.74) is 6.57. The van der Waals surface area contributed by atoms with Gasteiger partial charge in [0.2, 0.25) is 5.13 Å². The maximum absolute atomic E-state index is 12.8. The molecule has 4 aromatic heterocycles. The average molecular weight is 559 g/mol. The van der Waals surface area contributed by atoms with Crippen LogP contribution in [0.4, 0.5) is 10.8 Å². The third kappa shape index (κ3) is 4.39.